The van der Waals surface area contributed by atoms with Gasteiger partial charge in [0.25, 0.3) is 0 Å². The second-order valence-corrected chi connectivity index (χ2v) is 4.95. The van der Waals surface area contributed by atoms with Crippen molar-refractivity contribution in [1.29, 1.82) is 0 Å². The van der Waals surface area contributed by atoms with E-state index in [4.69, 9.17) is 5.73 Å². The number of nitrogens with one attached hydrogen (secondary N) is 1. The molecule has 0 aliphatic heterocycles. The normalized spacial score (nSPS) is 18.5. The van der Waals surface area contributed by atoms with Gasteiger partial charge >= 0.3 is 0 Å². The first-order chi connectivity index (χ1) is 8.06. The third-order valence-corrected chi connectivity index (χ3v) is 3.59. The summed E-state index contributed by atoms with van der Waals surface area (Å²) in [7, 11) is 0. The number of aliphatic hydroxyl groups is 1. The molecule has 0 saturated heterocycles. The molecule has 5 heteroatoms. The van der Waals surface area contributed by atoms with E-state index in [2.05, 4.69) is 10.4 Å². The van der Waals surface area contributed by atoms with Gasteiger partial charge in [-0.25, -0.2) is 4.68 Å². The lowest BCUT2D eigenvalue weighted by molar-refractivity contribution is 0.0613. The highest BCUT2D eigenvalue weighted by molar-refractivity contribution is 5.64. The van der Waals surface area contributed by atoms with Crippen LogP contribution in [-0.4, -0.2) is 27.0 Å². The van der Waals surface area contributed by atoms with Gasteiger partial charge in [-0.15, -0.1) is 0 Å². The molecule has 1 fully saturated rings. The van der Waals surface area contributed by atoms with Gasteiger partial charge in [0, 0.05) is 13.1 Å². The summed E-state index contributed by atoms with van der Waals surface area (Å²) in [5, 5.41) is 17.9. The summed E-state index contributed by atoms with van der Waals surface area (Å²) in [6, 6.07) is 0. The molecule has 1 aromatic heterocycles. The molecule has 1 aliphatic carbocycles. The number of hydrogen-bond donors (Lipinski definition) is 3. The quantitative estimate of drug-likeness (QED) is 0.743. The summed E-state index contributed by atoms with van der Waals surface area (Å²) in [6.07, 6.45) is 3.97. The maximum atomic E-state index is 10.3. The number of rotatable bonds is 4. The predicted octanol–water partition coefficient (Wildman–Crippen LogP) is 1.51. The molecule has 2 rings (SSSR count). The fraction of sp³-hybridized carbons (Fsp3) is 0.750. The zero-order chi connectivity index (χ0) is 12.5. The van der Waals surface area contributed by atoms with E-state index in [1.165, 1.54) is 0 Å². The van der Waals surface area contributed by atoms with Crippen LogP contribution in [0.3, 0.4) is 0 Å². The molecular weight excluding hydrogens is 216 g/mol. The molecule has 0 radical (unpaired) electrons. The Morgan fingerprint density at radius 1 is 1.47 bits per heavy atom. The predicted molar refractivity (Wildman–Crippen MR) is 69.0 cm³/mol. The Bertz CT molecular complexity index is 393. The molecule has 0 unspecified atom stereocenters. The minimum Gasteiger partial charge on any atom is -0.394 e. The number of aromatic nitrogens is 2. The second-order valence-electron chi connectivity index (χ2n) is 4.95. The molecule has 0 atom stereocenters. The van der Waals surface area contributed by atoms with Crippen LogP contribution in [0.25, 0.3) is 0 Å². The first kappa shape index (κ1) is 12.2. The van der Waals surface area contributed by atoms with Crippen molar-refractivity contribution in [3.8, 4) is 0 Å². The van der Waals surface area contributed by atoms with Gasteiger partial charge in [0.1, 0.15) is 5.82 Å². The highest BCUT2D eigenvalue weighted by Crippen LogP contribution is 2.30. The lowest BCUT2D eigenvalue weighted by Crippen LogP contribution is -2.34. The second kappa shape index (κ2) is 4.56. The summed E-state index contributed by atoms with van der Waals surface area (Å²) in [5.41, 5.74) is 6.94. The van der Waals surface area contributed by atoms with Gasteiger partial charge < -0.3 is 16.2 Å². The van der Waals surface area contributed by atoms with Crippen LogP contribution in [0.15, 0.2) is 0 Å². The van der Waals surface area contributed by atoms with E-state index in [-0.39, 0.29) is 0 Å². The van der Waals surface area contributed by atoms with Crippen LogP contribution in [0.2, 0.25) is 0 Å². The van der Waals surface area contributed by atoms with Crippen molar-refractivity contribution < 1.29 is 5.11 Å². The van der Waals surface area contributed by atoms with E-state index in [9.17, 15) is 5.11 Å². The summed E-state index contributed by atoms with van der Waals surface area (Å²) in [4.78, 5) is 0. The van der Waals surface area contributed by atoms with Gasteiger partial charge in [0.05, 0.1) is 17.0 Å². The van der Waals surface area contributed by atoms with Crippen LogP contribution in [0, 0.1) is 6.92 Å². The van der Waals surface area contributed by atoms with Gasteiger partial charge in [-0.05, 0) is 26.7 Å². The Balaban J connectivity index is 2.08. The summed E-state index contributed by atoms with van der Waals surface area (Å²) >= 11 is 0. The molecule has 4 N–H and O–H groups in total. The van der Waals surface area contributed by atoms with Gasteiger partial charge in [-0.2, -0.15) is 5.10 Å². The lowest BCUT2D eigenvalue weighted by Gasteiger charge is -2.23. The van der Waals surface area contributed by atoms with E-state index in [1.54, 1.807) is 0 Å². The Kier molecular flexibility index (Phi) is 3.28. The van der Waals surface area contributed by atoms with Crippen molar-refractivity contribution in [1.82, 2.24) is 9.78 Å². The van der Waals surface area contributed by atoms with Crippen LogP contribution < -0.4 is 11.1 Å². The van der Waals surface area contributed by atoms with Crippen molar-refractivity contribution >= 4 is 11.5 Å². The van der Waals surface area contributed by atoms with Gasteiger partial charge in [-0.3, -0.25) is 0 Å². The summed E-state index contributed by atoms with van der Waals surface area (Å²) in [6.45, 7) is 5.26. The third kappa shape index (κ3) is 2.39. The van der Waals surface area contributed by atoms with Gasteiger partial charge in [0.2, 0.25) is 0 Å². The van der Waals surface area contributed by atoms with Crippen molar-refractivity contribution in [2.45, 2.75) is 51.7 Å². The topological polar surface area (TPSA) is 76.1 Å². The van der Waals surface area contributed by atoms with E-state index in [1.807, 2.05) is 18.5 Å². The molecule has 1 aromatic rings. The van der Waals surface area contributed by atoms with Crippen LogP contribution in [-0.2, 0) is 6.54 Å². The highest BCUT2D eigenvalue weighted by Gasteiger charge is 2.31. The van der Waals surface area contributed by atoms with Crippen LogP contribution >= 0.6 is 0 Å². The molecule has 5 nitrogen and oxygen atoms in total. The number of nitrogen functional groups attached to an aromatic ring is 1. The minimum absolute atomic E-state index is 0.558. The SMILES string of the molecule is CCn1nc(C)c(N)c1NCC1(O)CCCC1. The van der Waals surface area contributed by atoms with E-state index in [0.717, 1.165) is 43.7 Å². The van der Waals surface area contributed by atoms with Crippen molar-refractivity contribution in [3.05, 3.63) is 5.69 Å². The Hall–Kier alpha value is -1.23. The first-order valence-corrected chi connectivity index (χ1v) is 6.35. The van der Waals surface area contributed by atoms with E-state index >= 15 is 0 Å². The average molecular weight is 238 g/mol. The molecule has 1 saturated carbocycles. The number of nitrogens with zero attached hydrogens (tertiary/aromatic N) is 2. The Morgan fingerprint density at radius 3 is 2.71 bits per heavy atom. The Morgan fingerprint density at radius 2 is 2.12 bits per heavy atom. The number of hydrogen-bond acceptors (Lipinski definition) is 4. The van der Waals surface area contributed by atoms with E-state index < -0.39 is 5.60 Å². The monoisotopic (exact) mass is 238 g/mol. The fourth-order valence-electron chi connectivity index (χ4n) is 2.47. The fourth-order valence-corrected chi connectivity index (χ4v) is 2.47. The maximum Gasteiger partial charge on any atom is 0.148 e. The number of aryl methyl sites for hydroxylation is 2. The summed E-state index contributed by atoms with van der Waals surface area (Å²) < 4.78 is 1.85. The molecule has 1 heterocycles. The smallest absolute Gasteiger partial charge is 0.148 e. The van der Waals surface area contributed by atoms with E-state index in [0.29, 0.717) is 12.2 Å². The van der Waals surface area contributed by atoms with Crippen LogP contribution in [0.1, 0.15) is 38.3 Å². The summed E-state index contributed by atoms with van der Waals surface area (Å²) in [5.74, 6) is 0.838. The van der Waals surface area contributed by atoms with Gasteiger partial charge in [-0.1, -0.05) is 12.8 Å². The van der Waals surface area contributed by atoms with Gasteiger partial charge in [0.15, 0.2) is 0 Å². The average Bonchev–Trinajstić information content (AvgIpc) is 2.84. The highest BCUT2D eigenvalue weighted by atomic mass is 16.3. The van der Waals surface area contributed by atoms with Crippen molar-refractivity contribution in [2.75, 3.05) is 17.6 Å². The zero-order valence-corrected chi connectivity index (χ0v) is 10.7. The third-order valence-electron chi connectivity index (χ3n) is 3.59. The standard InChI is InChI=1S/C12H22N4O/c1-3-16-11(10(13)9(2)15-16)14-8-12(17)6-4-5-7-12/h14,17H,3-8,13H2,1-2H3. The first-order valence-electron chi connectivity index (χ1n) is 6.35. The molecule has 0 amide bonds. The van der Waals surface area contributed by atoms with Crippen LogP contribution in [0.5, 0.6) is 0 Å². The number of anilines is 2. The molecule has 1 aliphatic rings. The molecular formula is C12H22N4O. The maximum absolute atomic E-state index is 10.3. The molecule has 0 bridgehead atoms. The molecule has 0 aromatic carbocycles. The molecule has 0 spiro atoms. The lowest BCUT2D eigenvalue weighted by atomic mass is 10.0. The largest absolute Gasteiger partial charge is 0.394 e. The Labute approximate surface area is 102 Å². The number of nitrogens with two attached hydrogens (primary N) is 1. The van der Waals surface area contributed by atoms with Crippen molar-refractivity contribution in [3.63, 3.8) is 0 Å². The molecule has 96 valence electrons. The van der Waals surface area contributed by atoms with Crippen molar-refractivity contribution in [2.24, 2.45) is 0 Å². The van der Waals surface area contributed by atoms with Crippen LogP contribution in [0.4, 0.5) is 11.5 Å². The molecule has 17 heavy (non-hydrogen) atoms. The zero-order valence-electron chi connectivity index (χ0n) is 10.7. The minimum atomic E-state index is -0.566.